The van der Waals surface area contributed by atoms with Crippen molar-refractivity contribution in [1.82, 2.24) is 14.5 Å². The first-order valence-corrected chi connectivity index (χ1v) is 14.6. The molecule has 8 nitrogen and oxygen atoms in total. The average Bonchev–Trinajstić information content (AvgIpc) is 2.91. The number of nitrogens with zero attached hydrogens (tertiary/aromatic N) is 3. The molecule has 0 aliphatic rings. The van der Waals surface area contributed by atoms with E-state index in [-0.39, 0.29) is 23.7 Å². The van der Waals surface area contributed by atoms with Gasteiger partial charge in [-0.25, -0.2) is 8.70 Å². The topological polar surface area (TPSA) is 90.0 Å². The molecule has 0 radical (unpaired) electrons. The smallest absolute Gasteiger partial charge is 0.304 e. The van der Waals surface area contributed by atoms with Gasteiger partial charge in [0.25, 0.3) is 0 Å². The average molecular weight is 610 g/mol. The summed E-state index contributed by atoms with van der Waals surface area (Å²) in [6.45, 7) is 1.34. The fraction of sp³-hybridized carbons (Fsp3) is 0.286. The Morgan fingerprint density at radius 1 is 0.975 bits per heavy atom. The molecule has 0 spiro atoms. The van der Waals surface area contributed by atoms with Gasteiger partial charge in [0.2, 0.25) is 11.8 Å². The number of carbonyl (C=O) groups excluding carboxylic acids is 2. The third-order valence-corrected chi connectivity index (χ3v) is 8.52. The lowest BCUT2D eigenvalue weighted by molar-refractivity contribution is -0.140. The minimum absolute atomic E-state index is 0.0885. The van der Waals surface area contributed by atoms with E-state index in [1.165, 1.54) is 37.2 Å². The summed E-state index contributed by atoms with van der Waals surface area (Å²) in [7, 11) is -1.53. The van der Waals surface area contributed by atoms with Crippen LogP contribution in [0, 0.1) is 5.82 Å². The van der Waals surface area contributed by atoms with Crippen molar-refractivity contribution < 1.29 is 22.4 Å². The van der Waals surface area contributed by atoms with Gasteiger partial charge in [0.05, 0.1) is 5.69 Å². The van der Waals surface area contributed by atoms with Gasteiger partial charge in [-0.2, -0.15) is 12.7 Å². The van der Waals surface area contributed by atoms with Crippen LogP contribution >= 0.6 is 23.2 Å². The van der Waals surface area contributed by atoms with E-state index >= 15 is 0 Å². The molecule has 214 valence electrons. The lowest BCUT2D eigenvalue weighted by Gasteiger charge is -2.34. The van der Waals surface area contributed by atoms with E-state index in [0.717, 1.165) is 26.3 Å². The predicted octanol–water partition coefficient (Wildman–Crippen LogP) is 4.52. The predicted molar refractivity (Wildman–Crippen MR) is 156 cm³/mol. The van der Waals surface area contributed by atoms with Crippen molar-refractivity contribution in [2.24, 2.45) is 0 Å². The Morgan fingerprint density at radius 3 is 2.20 bits per heavy atom. The fourth-order valence-corrected chi connectivity index (χ4v) is 5.53. The molecule has 2 amide bonds. The third kappa shape index (κ3) is 7.94. The Kier molecular flexibility index (Phi) is 10.9. The van der Waals surface area contributed by atoms with Crippen molar-refractivity contribution in [3.63, 3.8) is 0 Å². The van der Waals surface area contributed by atoms with E-state index in [0.29, 0.717) is 17.1 Å². The highest BCUT2D eigenvalue weighted by molar-refractivity contribution is 7.90. The van der Waals surface area contributed by atoms with Crippen molar-refractivity contribution in [2.75, 3.05) is 31.5 Å². The van der Waals surface area contributed by atoms with Gasteiger partial charge in [-0.05, 0) is 54.4 Å². The number of likely N-dealkylation sites (N-methyl/N-ethyl adjacent to an activating group) is 1. The molecule has 0 saturated heterocycles. The molecule has 1 atom stereocenters. The first kappa shape index (κ1) is 31.3. The maximum atomic E-state index is 14.1. The molecule has 0 unspecified atom stereocenters. The molecule has 3 aromatic rings. The number of halogens is 3. The third-order valence-electron chi connectivity index (χ3n) is 6.11. The Bertz CT molecular complexity index is 1420. The highest BCUT2D eigenvalue weighted by atomic mass is 35.5. The molecular formula is C28H31Cl2FN4O4S. The number of benzene rings is 3. The fourth-order valence-electron chi connectivity index (χ4n) is 4.00. The molecule has 1 N–H and O–H groups in total. The van der Waals surface area contributed by atoms with Crippen LogP contribution in [0.15, 0.2) is 72.8 Å². The van der Waals surface area contributed by atoms with Crippen LogP contribution in [-0.2, 0) is 32.8 Å². The second kappa shape index (κ2) is 13.9. The van der Waals surface area contributed by atoms with Crippen LogP contribution in [0.3, 0.4) is 0 Å². The summed E-state index contributed by atoms with van der Waals surface area (Å²) in [6, 6.07) is 17.7. The van der Waals surface area contributed by atoms with Crippen LogP contribution in [0.1, 0.15) is 18.1 Å². The maximum absolute atomic E-state index is 14.1. The van der Waals surface area contributed by atoms with Gasteiger partial charge < -0.3 is 10.2 Å². The summed E-state index contributed by atoms with van der Waals surface area (Å²) >= 11 is 12.5. The van der Waals surface area contributed by atoms with Gasteiger partial charge in [-0.15, -0.1) is 0 Å². The zero-order chi connectivity index (χ0) is 29.4. The monoisotopic (exact) mass is 608 g/mol. The van der Waals surface area contributed by atoms with Crippen LogP contribution in [0.2, 0.25) is 10.0 Å². The van der Waals surface area contributed by atoms with Gasteiger partial charge in [-0.3, -0.25) is 9.59 Å². The van der Waals surface area contributed by atoms with Crippen molar-refractivity contribution in [2.45, 2.75) is 25.9 Å². The minimum Gasteiger partial charge on any atom is -0.355 e. The van der Waals surface area contributed by atoms with E-state index in [1.54, 1.807) is 19.1 Å². The van der Waals surface area contributed by atoms with E-state index in [1.807, 2.05) is 30.3 Å². The van der Waals surface area contributed by atoms with E-state index in [9.17, 15) is 22.4 Å². The summed E-state index contributed by atoms with van der Waals surface area (Å²) in [5.41, 5.74) is 1.41. The zero-order valence-electron chi connectivity index (χ0n) is 22.4. The first-order valence-electron chi connectivity index (χ1n) is 12.4. The van der Waals surface area contributed by atoms with Gasteiger partial charge in [-0.1, -0.05) is 59.6 Å². The van der Waals surface area contributed by atoms with Crippen molar-refractivity contribution in [3.8, 4) is 0 Å². The van der Waals surface area contributed by atoms with Gasteiger partial charge in [0.1, 0.15) is 18.4 Å². The molecule has 40 heavy (non-hydrogen) atoms. The Balaban J connectivity index is 2.10. The van der Waals surface area contributed by atoms with Crippen LogP contribution in [-0.4, -0.2) is 62.7 Å². The molecule has 0 bridgehead atoms. The molecule has 12 heteroatoms. The Labute approximate surface area is 244 Å². The first-order chi connectivity index (χ1) is 18.9. The van der Waals surface area contributed by atoms with Gasteiger partial charge >= 0.3 is 10.2 Å². The lowest BCUT2D eigenvalue weighted by atomic mass is 10.0. The standard InChI is InChI=1S/C28H31Cl2FN4O4S/c1-4-32-28(37)26(16-20-8-6-5-7-9-20)34(18-21-10-11-22(29)17-25(21)30)27(36)19-35(40(38,39)33(2)3)24-14-12-23(31)13-15-24/h5-15,17,26H,4,16,18-19H2,1-3H3,(H,32,37)/t26-/m1/s1. The zero-order valence-corrected chi connectivity index (χ0v) is 24.7. The number of nitrogens with one attached hydrogen (secondary N) is 1. The Hall–Kier alpha value is -3.18. The van der Waals surface area contributed by atoms with Crippen molar-refractivity contribution in [1.29, 1.82) is 0 Å². The number of anilines is 1. The highest BCUT2D eigenvalue weighted by Crippen LogP contribution is 2.26. The van der Waals surface area contributed by atoms with E-state index in [2.05, 4.69) is 5.32 Å². The molecule has 3 aromatic carbocycles. The molecule has 0 heterocycles. The second-order valence-corrected chi connectivity index (χ2v) is 12.0. The molecule has 0 fully saturated rings. The van der Waals surface area contributed by atoms with Crippen LogP contribution in [0.4, 0.5) is 10.1 Å². The maximum Gasteiger partial charge on any atom is 0.304 e. The SMILES string of the molecule is CCNC(=O)[C@@H](Cc1ccccc1)N(Cc1ccc(Cl)cc1Cl)C(=O)CN(c1ccc(F)cc1)S(=O)(=O)N(C)C. The van der Waals surface area contributed by atoms with Crippen LogP contribution in [0.25, 0.3) is 0 Å². The van der Waals surface area contributed by atoms with Crippen LogP contribution < -0.4 is 9.62 Å². The summed E-state index contributed by atoms with van der Waals surface area (Å²) in [5.74, 6) is -1.63. The van der Waals surface area contributed by atoms with Gasteiger partial charge in [0, 0.05) is 43.7 Å². The normalized spacial score (nSPS) is 12.2. The van der Waals surface area contributed by atoms with Crippen molar-refractivity contribution >= 4 is 50.9 Å². The molecule has 0 saturated carbocycles. The molecule has 3 rings (SSSR count). The largest absolute Gasteiger partial charge is 0.355 e. The summed E-state index contributed by atoms with van der Waals surface area (Å²) in [4.78, 5) is 28.8. The summed E-state index contributed by atoms with van der Waals surface area (Å²) < 4.78 is 42.1. The van der Waals surface area contributed by atoms with Gasteiger partial charge in [0.15, 0.2) is 0 Å². The summed E-state index contributed by atoms with van der Waals surface area (Å²) in [6.07, 6.45) is 0.167. The molecule has 0 aliphatic carbocycles. The number of rotatable bonds is 12. The summed E-state index contributed by atoms with van der Waals surface area (Å²) in [5, 5.41) is 3.47. The highest BCUT2D eigenvalue weighted by Gasteiger charge is 2.34. The lowest BCUT2D eigenvalue weighted by Crippen LogP contribution is -2.54. The van der Waals surface area contributed by atoms with Crippen LogP contribution in [0.5, 0.6) is 0 Å². The second-order valence-electron chi connectivity index (χ2n) is 9.13. The van der Waals surface area contributed by atoms with E-state index < -0.39 is 40.4 Å². The number of hydrogen-bond donors (Lipinski definition) is 1. The Morgan fingerprint density at radius 2 is 1.62 bits per heavy atom. The quantitative estimate of drug-likeness (QED) is 0.327. The van der Waals surface area contributed by atoms with Crippen molar-refractivity contribution in [3.05, 3.63) is 99.8 Å². The minimum atomic E-state index is -4.18. The molecular weight excluding hydrogens is 578 g/mol. The number of hydrogen-bond acceptors (Lipinski definition) is 4. The van der Waals surface area contributed by atoms with E-state index in [4.69, 9.17) is 23.2 Å². The molecule has 0 aromatic heterocycles. The number of amides is 2. The molecule has 0 aliphatic heterocycles. The number of carbonyl (C=O) groups is 2.